The lowest BCUT2D eigenvalue weighted by Crippen LogP contribution is -2.27. The number of hydrogen-bond donors (Lipinski definition) is 0. The Kier molecular flexibility index (Phi) is 3.78. The minimum Gasteiger partial charge on any atom is -0.107 e. The van der Waals surface area contributed by atoms with Crippen LogP contribution in [0.3, 0.4) is 0 Å². The predicted molar refractivity (Wildman–Crippen MR) is 84.7 cm³/mol. The molecule has 0 amide bonds. The van der Waals surface area contributed by atoms with E-state index in [0.717, 1.165) is 5.92 Å². The molecule has 0 nitrogen and oxygen atoms in total. The molecule has 2 unspecified atom stereocenters. The lowest BCUT2D eigenvalue weighted by Gasteiger charge is -2.14. The maximum atomic E-state index is 2.40. The zero-order valence-electron chi connectivity index (χ0n) is 11.8. The van der Waals surface area contributed by atoms with Crippen molar-refractivity contribution in [1.29, 1.82) is 0 Å². The highest BCUT2D eigenvalue weighted by molar-refractivity contribution is 6.75. The molecule has 2 aromatic carbocycles. The van der Waals surface area contributed by atoms with E-state index in [4.69, 9.17) is 0 Å². The SMILES string of the molecule is CC([CH2][Al]1[CH2]C(C)c2cccc[c]21)c1ccccc1. The smallest absolute Gasteiger partial charge is 0.107 e. The highest BCUT2D eigenvalue weighted by Crippen LogP contribution is 2.32. The molecule has 0 aliphatic carbocycles. The van der Waals surface area contributed by atoms with Crippen LogP contribution in [0.1, 0.15) is 36.8 Å². The van der Waals surface area contributed by atoms with Gasteiger partial charge in [-0.3, -0.25) is 0 Å². The van der Waals surface area contributed by atoms with Gasteiger partial charge in [-0.25, -0.2) is 0 Å². The molecule has 0 radical (unpaired) electrons. The average Bonchev–Trinajstić information content (AvgIpc) is 2.77. The zero-order chi connectivity index (χ0) is 13.2. The first-order chi connectivity index (χ1) is 9.25. The number of rotatable bonds is 3. The van der Waals surface area contributed by atoms with Gasteiger partial charge in [0.05, 0.1) is 0 Å². The summed E-state index contributed by atoms with van der Waals surface area (Å²) in [6.07, 6.45) is 0. The van der Waals surface area contributed by atoms with Crippen molar-refractivity contribution in [3.8, 4) is 0 Å². The van der Waals surface area contributed by atoms with Gasteiger partial charge in [0.25, 0.3) is 0 Å². The number of benzene rings is 2. The molecule has 0 fully saturated rings. The molecule has 3 rings (SSSR count). The van der Waals surface area contributed by atoms with Crippen LogP contribution in [0.5, 0.6) is 0 Å². The van der Waals surface area contributed by atoms with E-state index in [-0.39, 0.29) is 0 Å². The molecule has 0 aromatic heterocycles. The molecule has 1 heteroatoms. The second kappa shape index (κ2) is 5.53. The maximum absolute atomic E-state index is 2.40. The second-order valence-corrected chi connectivity index (χ2v) is 8.97. The Balaban J connectivity index is 1.79. The van der Waals surface area contributed by atoms with Crippen LogP contribution >= 0.6 is 0 Å². The van der Waals surface area contributed by atoms with E-state index in [1.807, 2.05) is 0 Å². The predicted octanol–water partition coefficient (Wildman–Crippen LogP) is 4.31. The maximum Gasteiger partial charge on any atom is 0.307 e. The van der Waals surface area contributed by atoms with E-state index in [0.29, 0.717) is 5.92 Å². The third kappa shape index (κ3) is 2.64. The van der Waals surface area contributed by atoms with Crippen molar-refractivity contribution in [2.24, 2.45) is 0 Å². The monoisotopic (exact) mass is 264 g/mol. The molecular formula is C18H21Al. The molecular weight excluding hydrogens is 243 g/mol. The van der Waals surface area contributed by atoms with Crippen LogP contribution in [0.2, 0.25) is 10.6 Å². The van der Waals surface area contributed by atoms with Crippen molar-refractivity contribution in [2.75, 3.05) is 0 Å². The molecule has 0 bridgehead atoms. The number of hydrogen-bond acceptors (Lipinski definition) is 0. The largest absolute Gasteiger partial charge is 0.307 e. The molecule has 2 aromatic rings. The summed E-state index contributed by atoms with van der Waals surface area (Å²) in [4.78, 5) is 0. The van der Waals surface area contributed by atoms with E-state index in [2.05, 4.69) is 68.4 Å². The van der Waals surface area contributed by atoms with Crippen LogP contribution in [-0.4, -0.2) is 14.1 Å². The van der Waals surface area contributed by atoms with Crippen LogP contribution in [-0.2, 0) is 0 Å². The number of fused-ring (bicyclic) bond motifs is 1. The van der Waals surface area contributed by atoms with Crippen molar-refractivity contribution >= 4 is 18.6 Å². The fourth-order valence-electron chi connectivity index (χ4n) is 3.58. The van der Waals surface area contributed by atoms with E-state index < -0.39 is 14.1 Å². The van der Waals surface area contributed by atoms with Gasteiger partial charge >= 0.3 is 14.1 Å². The summed E-state index contributed by atoms with van der Waals surface area (Å²) < 4.78 is 1.73. The molecule has 0 saturated heterocycles. The van der Waals surface area contributed by atoms with Gasteiger partial charge in [-0.2, -0.15) is 0 Å². The van der Waals surface area contributed by atoms with Crippen molar-refractivity contribution in [1.82, 2.24) is 0 Å². The van der Waals surface area contributed by atoms with E-state index in [1.54, 1.807) is 9.99 Å². The van der Waals surface area contributed by atoms with Gasteiger partial charge in [0.2, 0.25) is 0 Å². The highest BCUT2D eigenvalue weighted by Gasteiger charge is 2.33. The normalized spacial score (nSPS) is 19.3. The van der Waals surface area contributed by atoms with Crippen molar-refractivity contribution in [3.63, 3.8) is 0 Å². The molecule has 0 spiro atoms. The Labute approximate surface area is 120 Å². The Morgan fingerprint density at radius 1 is 1.05 bits per heavy atom. The summed E-state index contributed by atoms with van der Waals surface area (Å²) >= 11 is -0.764. The van der Waals surface area contributed by atoms with E-state index >= 15 is 0 Å². The molecule has 1 aliphatic rings. The summed E-state index contributed by atoms with van der Waals surface area (Å²) in [5, 5.41) is 2.86. The van der Waals surface area contributed by atoms with Gasteiger partial charge in [-0.15, -0.1) is 4.43 Å². The van der Waals surface area contributed by atoms with Crippen LogP contribution in [0, 0.1) is 0 Å². The van der Waals surface area contributed by atoms with Gasteiger partial charge in [-0.05, 0) is 17.4 Å². The molecule has 96 valence electrons. The summed E-state index contributed by atoms with van der Waals surface area (Å²) in [6.45, 7) is 4.80. The Hall–Kier alpha value is -1.03. The first-order valence-corrected chi connectivity index (χ1v) is 9.60. The molecule has 0 N–H and O–H groups in total. The lowest BCUT2D eigenvalue weighted by molar-refractivity contribution is 0.836. The van der Waals surface area contributed by atoms with Crippen molar-refractivity contribution in [2.45, 2.75) is 36.2 Å². The second-order valence-electron chi connectivity index (χ2n) is 6.01. The minimum absolute atomic E-state index is 0.705. The summed E-state index contributed by atoms with van der Waals surface area (Å²) in [7, 11) is 0. The summed E-state index contributed by atoms with van der Waals surface area (Å²) in [6, 6.07) is 20.2. The van der Waals surface area contributed by atoms with Gasteiger partial charge in [-0.1, -0.05) is 84.6 Å². The molecule has 19 heavy (non-hydrogen) atoms. The van der Waals surface area contributed by atoms with Crippen LogP contribution in [0.4, 0.5) is 0 Å². The van der Waals surface area contributed by atoms with Gasteiger partial charge in [0, 0.05) is 0 Å². The third-order valence-corrected chi connectivity index (χ3v) is 8.57. The Morgan fingerprint density at radius 3 is 2.53 bits per heavy atom. The van der Waals surface area contributed by atoms with Crippen molar-refractivity contribution < 1.29 is 0 Å². The summed E-state index contributed by atoms with van der Waals surface area (Å²) in [5.74, 6) is 1.49. The molecule has 2 atom stereocenters. The van der Waals surface area contributed by atoms with Crippen LogP contribution in [0.25, 0.3) is 0 Å². The molecule has 1 heterocycles. The Morgan fingerprint density at radius 2 is 1.74 bits per heavy atom. The average molecular weight is 264 g/mol. The standard InChI is InChI=1S/C9H11.C9H10.Al/c2*1-8(2)9-6-4-3-5-7-9;/h3-8H,1H2,2H3;3-6,8H,1H2,2H3;. The fourth-order valence-corrected chi connectivity index (χ4v) is 7.75. The first-order valence-electron chi connectivity index (χ1n) is 7.39. The highest BCUT2D eigenvalue weighted by atomic mass is 27.2. The third-order valence-electron chi connectivity index (χ3n) is 4.61. The van der Waals surface area contributed by atoms with Crippen molar-refractivity contribution in [3.05, 3.63) is 65.7 Å². The minimum atomic E-state index is -0.764. The molecule has 0 saturated carbocycles. The van der Waals surface area contributed by atoms with E-state index in [9.17, 15) is 0 Å². The lowest BCUT2D eigenvalue weighted by atomic mass is 10.0. The van der Waals surface area contributed by atoms with Gasteiger partial charge in [0.1, 0.15) is 0 Å². The van der Waals surface area contributed by atoms with Crippen LogP contribution < -0.4 is 4.43 Å². The topological polar surface area (TPSA) is 0 Å². The fraction of sp³-hybridized carbons (Fsp3) is 0.333. The first kappa shape index (κ1) is 13.0. The quantitative estimate of drug-likeness (QED) is 0.725. The van der Waals surface area contributed by atoms with Crippen LogP contribution in [0.15, 0.2) is 54.6 Å². The van der Waals surface area contributed by atoms with E-state index in [1.165, 1.54) is 16.1 Å². The van der Waals surface area contributed by atoms with Gasteiger partial charge < -0.3 is 0 Å². The Bertz CT molecular complexity index is 547. The zero-order valence-corrected chi connectivity index (χ0v) is 13.0. The summed E-state index contributed by atoms with van der Waals surface area (Å²) in [5.41, 5.74) is 3.14. The van der Waals surface area contributed by atoms with Gasteiger partial charge in [0.15, 0.2) is 0 Å². The molecule has 1 aliphatic heterocycles.